The van der Waals surface area contributed by atoms with Gasteiger partial charge in [0.1, 0.15) is 5.69 Å². The first kappa shape index (κ1) is 18.8. The number of carbonyl (C=O) groups is 1. The van der Waals surface area contributed by atoms with Crippen molar-refractivity contribution in [2.75, 3.05) is 12.3 Å². The van der Waals surface area contributed by atoms with Crippen LogP contribution in [0.25, 0.3) is 21.1 Å². The van der Waals surface area contributed by atoms with Gasteiger partial charge in [0, 0.05) is 12.6 Å². The number of amides is 1. The number of piperidine rings is 1. The zero-order valence-corrected chi connectivity index (χ0v) is 17.8. The fourth-order valence-corrected chi connectivity index (χ4v) is 5.78. The summed E-state index contributed by atoms with van der Waals surface area (Å²) < 4.78 is 0. The molecule has 27 heavy (non-hydrogen) atoms. The number of nitrogens with one attached hydrogen (secondary N) is 1. The van der Waals surface area contributed by atoms with Crippen molar-refractivity contribution >= 4 is 40.3 Å². The van der Waals surface area contributed by atoms with Crippen molar-refractivity contribution in [3.63, 3.8) is 0 Å². The van der Waals surface area contributed by atoms with E-state index in [1.54, 1.807) is 22.7 Å². The highest BCUT2D eigenvalue weighted by molar-refractivity contribution is 7.99. The molecular weight excluding hydrogens is 394 g/mol. The number of carbonyl (C=O) groups excluding carboxylic acids is 1. The summed E-state index contributed by atoms with van der Waals surface area (Å²) >= 11 is 4.90. The fraction of sp³-hybridized carbons (Fsp3) is 0.400. The summed E-state index contributed by atoms with van der Waals surface area (Å²) in [5, 5.41) is 4.96. The van der Waals surface area contributed by atoms with Gasteiger partial charge in [-0.3, -0.25) is 4.79 Å². The lowest BCUT2D eigenvalue weighted by Crippen LogP contribution is -2.44. The Morgan fingerprint density at radius 1 is 1.26 bits per heavy atom. The van der Waals surface area contributed by atoms with E-state index in [2.05, 4.69) is 45.8 Å². The van der Waals surface area contributed by atoms with Crippen molar-refractivity contribution in [1.82, 2.24) is 14.9 Å². The molecular formula is C20H23N3OS3. The van der Waals surface area contributed by atoms with E-state index in [-0.39, 0.29) is 5.91 Å². The predicted molar refractivity (Wildman–Crippen MR) is 116 cm³/mol. The van der Waals surface area contributed by atoms with E-state index in [4.69, 9.17) is 4.98 Å². The summed E-state index contributed by atoms with van der Waals surface area (Å²) in [6.07, 6.45) is 4.54. The fourth-order valence-electron chi connectivity index (χ4n) is 3.58. The predicted octanol–water partition coefficient (Wildman–Crippen LogP) is 5.75. The van der Waals surface area contributed by atoms with Crippen LogP contribution in [0, 0.1) is 0 Å². The third kappa shape index (κ3) is 4.15. The van der Waals surface area contributed by atoms with Crippen molar-refractivity contribution in [1.29, 1.82) is 0 Å². The zero-order chi connectivity index (χ0) is 18.6. The number of thioether (sulfide) groups is 1. The van der Waals surface area contributed by atoms with Crippen LogP contribution in [0.4, 0.5) is 0 Å². The number of thiophene rings is 2. The number of likely N-dealkylation sites (tertiary alicyclic amines) is 1. The molecule has 3 aromatic heterocycles. The SMILES string of the molecule is CCC1CCCCN1C(=O)CSc1nc(-c2cccs2)c(-c2cccs2)[nH]1. The second-order valence-electron chi connectivity index (χ2n) is 6.65. The Labute approximate surface area is 172 Å². The smallest absolute Gasteiger partial charge is 0.233 e. The summed E-state index contributed by atoms with van der Waals surface area (Å²) in [7, 11) is 0. The summed E-state index contributed by atoms with van der Waals surface area (Å²) in [6.45, 7) is 3.08. The van der Waals surface area contributed by atoms with Crippen LogP contribution < -0.4 is 0 Å². The summed E-state index contributed by atoms with van der Waals surface area (Å²) in [5.41, 5.74) is 2.03. The van der Waals surface area contributed by atoms with E-state index in [0.717, 1.165) is 47.2 Å². The van der Waals surface area contributed by atoms with Crippen molar-refractivity contribution in [2.45, 2.75) is 43.8 Å². The Morgan fingerprint density at radius 2 is 2.04 bits per heavy atom. The van der Waals surface area contributed by atoms with Crippen molar-refractivity contribution < 1.29 is 4.79 Å². The first-order chi connectivity index (χ1) is 13.3. The molecule has 142 valence electrons. The molecule has 1 saturated heterocycles. The van der Waals surface area contributed by atoms with Gasteiger partial charge in [-0.1, -0.05) is 30.8 Å². The quantitative estimate of drug-likeness (QED) is 0.520. The molecule has 4 heterocycles. The number of hydrogen-bond donors (Lipinski definition) is 1. The average molecular weight is 418 g/mol. The van der Waals surface area contributed by atoms with Gasteiger partial charge in [0.15, 0.2) is 5.16 Å². The van der Waals surface area contributed by atoms with E-state index in [1.165, 1.54) is 23.1 Å². The molecule has 0 saturated carbocycles. The molecule has 1 unspecified atom stereocenters. The zero-order valence-electron chi connectivity index (χ0n) is 15.3. The molecule has 1 amide bonds. The number of hydrogen-bond acceptors (Lipinski definition) is 5. The summed E-state index contributed by atoms with van der Waals surface area (Å²) in [4.78, 5) is 25.4. The number of rotatable bonds is 6. The van der Waals surface area contributed by atoms with Crippen LogP contribution >= 0.6 is 34.4 Å². The molecule has 4 rings (SSSR count). The van der Waals surface area contributed by atoms with Crippen LogP contribution in [0.2, 0.25) is 0 Å². The standard InChI is InChI=1S/C20H23N3OS3/c1-2-14-7-3-4-10-23(14)17(24)13-27-20-21-18(15-8-5-11-25-15)19(22-20)16-9-6-12-26-16/h5-6,8-9,11-12,14H,2-4,7,10,13H2,1H3,(H,21,22). The van der Waals surface area contributed by atoms with Crippen molar-refractivity contribution in [3.8, 4) is 21.1 Å². The number of aromatic nitrogens is 2. The topological polar surface area (TPSA) is 49.0 Å². The number of H-pyrrole nitrogens is 1. The third-order valence-corrected chi connectivity index (χ3v) is 7.58. The minimum Gasteiger partial charge on any atom is -0.339 e. The minimum atomic E-state index is 0.235. The van der Waals surface area contributed by atoms with Gasteiger partial charge < -0.3 is 9.88 Å². The van der Waals surface area contributed by atoms with E-state index >= 15 is 0 Å². The first-order valence-corrected chi connectivity index (χ1v) is 12.1. The molecule has 4 nitrogen and oxygen atoms in total. The van der Waals surface area contributed by atoms with Crippen LogP contribution in [0.3, 0.4) is 0 Å². The number of imidazole rings is 1. The van der Waals surface area contributed by atoms with Gasteiger partial charge in [-0.05, 0) is 48.6 Å². The molecule has 0 aliphatic carbocycles. The lowest BCUT2D eigenvalue weighted by molar-refractivity contribution is -0.132. The normalized spacial score (nSPS) is 17.4. The Kier molecular flexibility index (Phi) is 6.00. The molecule has 1 aliphatic heterocycles. The van der Waals surface area contributed by atoms with E-state index in [0.29, 0.717) is 11.8 Å². The van der Waals surface area contributed by atoms with Crippen LogP contribution in [0.15, 0.2) is 40.2 Å². The highest BCUT2D eigenvalue weighted by Crippen LogP contribution is 2.37. The summed E-state index contributed by atoms with van der Waals surface area (Å²) in [6, 6.07) is 8.71. The van der Waals surface area contributed by atoms with Gasteiger partial charge in [0.05, 0.1) is 21.2 Å². The Hall–Kier alpha value is -1.57. The largest absolute Gasteiger partial charge is 0.339 e. The van der Waals surface area contributed by atoms with E-state index < -0.39 is 0 Å². The van der Waals surface area contributed by atoms with Crippen LogP contribution in [0.1, 0.15) is 32.6 Å². The molecule has 7 heteroatoms. The Balaban J connectivity index is 1.51. The van der Waals surface area contributed by atoms with Gasteiger partial charge in [-0.25, -0.2) is 4.98 Å². The second-order valence-corrected chi connectivity index (χ2v) is 9.51. The Bertz CT molecular complexity index is 819. The maximum absolute atomic E-state index is 12.8. The van der Waals surface area contributed by atoms with Gasteiger partial charge >= 0.3 is 0 Å². The Morgan fingerprint density at radius 3 is 2.74 bits per heavy atom. The maximum atomic E-state index is 12.8. The van der Waals surface area contributed by atoms with Crippen molar-refractivity contribution in [2.24, 2.45) is 0 Å². The van der Waals surface area contributed by atoms with Crippen LogP contribution in [-0.2, 0) is 4.79 Å². The van der Waals surface area contributed by atoms with Gasteiger partial charge in [0.25, 0.3) is 0 Å². The van der Waals surface area contributed by atoms with Gasteiger partial charge in [-0.15, -0.1) is 22.7 Å². The maximum Gasteiger partial charge on any atom is 0.233 e. The second kappa shape index (κ2) is 8.63. The molecule has 1 fully saturated rings. The molecule has 3 aromatic rings. The highest BCUT2D eigenvalue weighted by Gasteiger charge is 2.25. The lowest BCUT2D eigenvalue weighted by Gasteiger charge is -2.35. The van der Waals surface area contributed by atoms with Gasteiger partial charge in [0.2, 0.25) is 5.91 Å². The third-order valence-electron chi connectivity index (χ3n) is 4.96. The minimum absolute atomic E-state index is 0.235. The number of nitrogens with zero attached hydrogens (tertiary/aromatic N) is 2. The van der Waals surface area contributed by atoms with E-state index in [9.17, 15) is 4.79 Å². The van der Waals surface area contributed by atoms with Crippen LogP contribution in [0.5, 0.6) is 0 Å². The summed E-state index contributed by atoms with van der Waals surface area (Å²) in [5.74, 6) is 0.677. The molecule has 0 bridgehead atoms. The monoisotopic (exact) mass is 417 g/mol. The molecule has 0 aromatic carbocycles. The van der Waals surface area contributed by atoms with Crippen molar-refractivity contribution in [3.05, 3.63) is 35.0 Å². The molecule has 1 N–H and O–H groups in total. The highest BCUT2D eigenvalue weighted by atomic mass is 32.2. The molecule has 0 radical (unpaired) electrons. The number of aromatic amines is 1. The molecule has 0 spiro atoms. The van der Waals surface area contributed by atoms with Crippen LogP contribution in [-0.4, -0.2) is 39.1 Å². The molecule has 1 atom stereocenters. The lowest BCUT2D eigenvalue weighted by atomic mass is 10.0. The van der Waals surface area contributed by atoms with Gasteiger partial charge in [-0.2, -0.15) is 0 Å². The average Bonchev–Trinajstić information content (AvgIpc) is 3.46. The van der Waals surface area contributed by atoms with E-state index in [1.807, 2.05) is 6.07 Å². The first-order valence-electron chi connectivity index (χ1n) is 9.36. The molecule has 1 aliphatic rings.